The summed E-state index contributed by atoms with van der Waals surface area (Å²) in [5.74, 6) is 0.947. The minimum atomic E-state index is -4.59. The van der Waals surface area contributed by atoms with Crippen LogP contribution in [-0.4, -0.2) is 64.4 Å². The molecule has 0 amide bonds. The molecule has 0 radical (unpaired) electrons. The predicted molar refractivity (Wildman–Crippen MR) is 124 cm³/mol. The predicted octanol–water partition coefficient (Wildman–Crippen LogP) is 3.82. The first kappa shape index (κ1) is 22.9. The van der Waals surface area contributed by atoms with Gasteiger partial charge in [-0.25, -0.2) is 15.0 Å². The molecule has 2 saturated heterocycles. The summed E-state index contributed by atoms with van der Waals surface area (Å²) in [5.41, 5.74) is -0.182. The number of hydrogen-bond acceptors (Lipinski definition) is 7. The first-order chi connectivity index (χ1) is 16.3. The number of pyridine rings is 1. The molecule has 0 spiro atoms. The molecule has 2 fully saturated rings. The number of rotatable bonds is 4. The summed E-state index contributed by atoms with van der Waals surface area (Å²) in [5, 5.41) is 7.13. The van der Waals surface area contributed by atoms with E-state index < -0.39 is 11.7 Å². The first-order valence-corrected chi connectivity index (χ1v) is 11.6. The molecule has 5 rings (SSSR count). The Morgan fingerprint density at radius 2 is 2.03 bits per heavy atom. The first-order valence-electron chi connectivity index (χ1n) is 11.6. The Bertz CT molecular complexity index is 1160. The average molecular weight is 476 g/mol. The van der Waals surface area contributed by atoms with E-state index in [9.17, 15) is 13.2 Å². The van der Waals surface area contributed by atoms with E-state index >= 15 is 0 Å². The van der Waals surface area contributed by atoms with Crippen LogP contribution in [-0.2, 0) is 10.9 Å². The Hall–Kier alpha value is -2.92. The lowest BCUT2D eigenvalue weighted by atomic mass is 10.0. The van der Waals surface area contributed by atoms with Crippen molar-refractivity contribution in [3.63, 3.8) is 0 Å². The molecular weight excluding hydrogens is 447 g/mol. The number of nitrogens with zero attached hydrogens (tertiary/aromatic N) is 4. The molecule has 0 bridgehead atoms. The maximum Gasteiger partial charge on any atom is 0.419 e. The van der Waals surface area contributed by atoms with Crippen molar-refractivity contribution in [2.45, 2.75) is 51.0 Å². The number of nitrogens with one attached hydrogen (secondary N) is 3. The molecule has 0 saturated carbocycles. The van der Waals surface area contributed by atoms with E-state index in [0.29, 0.717) is 48.9 Å². The molecule has 8 nitrogen and oxygen atoms in total. The van der Waals surface area contributed by atoms with Gasteiger partial charge >= 0.3 is 6.18 Å². The van der Waals surface area contributed by atoms with E-state index in [1.54, 1.807) is 6.07 Å². The number of aromatic nitrogens is 4. The van der Waals surface area contributed by atoms with Crippen LogP contribution in [0.25, 0.3) is 22.3 Å². The molecule has 2 aliphatic rings. The van der Waals surface area contributed by atoms with Crippen molar-refractivity contribution in [1.82, 2.24) is 25.3 Å². The molecule has 3 aromatic heterocycles. The van der Waals surface area contributed by atoms with E-state index in [4.69, 9.17) is 4.74 Å². The number of morpholine rings is 1. The van der Waals surface area contributed by atoms with Crippen molar-refractivity contribution in [2.24, 2.45) is 0 Å². The summed E-state index contributed by atoms with van der Waals surface area (Å²) < 4.78 is 47.1. The summed E-state index contributed by atoms with van der Waals surface area (Å²) in [6.07, 6.45) is -0.318. The normalized spacial score (nSPS) is 23.9. The molecule has 34 heavy (non-hydrogen) atoms. The van der Waals surface area contributed by atoms with Crippen LogP contribution < -0.4 is 15.5 Å². The zero-order chi connectivity index (χ0) is 23.9. The number of alkyl halides is 3. The Morgan fingerprint density at radius 1 is 1.18 bits per heavy atom. The zero-order valence-electron chi connectivity index (χ0n) is 19.1. The van der Waals surface area contributed by atoms with Crippen LogP contribution in [0.3, 0.4) is 0 Å². The van der Waals surface area contributed by atoms with Crippen molar-refractivity contribution in [2.75, 3.05) is 36.5 Å². The van der Waals surface area contributed by atoms with E-state index in [0.717, 1.165) is 24.9 Å². The van der Waals surface area contributed by atoms with Crippen molar-refractivity contribution >= 4 is 22.8 Å². The lowest BCUT2D eigenvalue weighted by Crippen LogP contribution is -2.44. The molecule has 1 unspecified atom stereocenters. The van der Waals surface area contributed by atoms with Gasteiger partial charge in [-0.2, -0.15) is 13.2 Å². The Labute approximate surface area is 195 Å². The fraction of sp³-hybridized carbons (Fsp3) is 0.522. The molecule has 3 N–H and O–H groups in total. The number of aromatic amines is 1. The highest BCUT2D eigenvalue weighted by molar-refractivity contribution is 5.94. The highest BCUT2D eigenvalue weighted by atomic mass is 19.4. The average Bonchev–Trinajstić information content (AvgIpc) is 3.23. The van der Waals surface area contributed by atoms with Crippen LogP contribution in [0.5, 0.6) is 0 Å². The standard InChI is InChI=1S/C23H28F3N7O/c1-13-3-4-15(9-27-13)30-22-29-11-18(23(24,25)26)20(32-22)17-10-28-21-16(17)5-6-19(31-21)33-7-8-34-12-14(33)2/h5-6,10-11,13-15,27H,3-4,7-9,12H2,1-2H3,(H,28,31)(H,29,30,32)/t13-,14-,15?/m0/s1. The fourth-order valence-corrected chi connectivity index (χ4v) is 4.59. The van der Waals surface area contributed by atoms with Gasteiger partial charge in [-0.15, -0.1) is 0 Å². The lowest BCUT2D eigenvalue weighted by molar-refractivity contribution is -0.137. The van der Waals surface area contributed by atoms with Gasteiger partial charge in [0.15, 0.2) is 0 Å². The van der Waals surface area contributed by atoms with Gasteiger partial charge in [-0.05, 0) is 38.8 Å². The number of ether oxygens (including phenoxy) is 1. The van der Waals surface area contributed by atoms with Crippen LogP contribution in [0.4, 0.5) is 24.9 Å². The second-order valence-electron chi connectivity index (χ2n) is 9.07. The summed E-state index contributed by atoms with van der Waals surface area (Å²) in [6.45, 7) is 6.80. The lowest BCUT2D eigenvalue weighted by Gasteiger charge is -2.34. The molecular formula is C23H28F3N7O. The quantitative estimate of drug-likeness (QED) is 0.529. The highest BCUT2D eigenvalue weighted by Gasteiger charge is 2.36. The number of H-pyrrole nitrogens is 1. The number of hydrogen-bond donors (Lipinski definition) is 3. The molecule has 11 heteroatoms. The van der Waals surface area contributed by atoms with E-state index in [1.165, 1.54) is 6.20 Å². The molecule has 0 aliphatic carbocycles. The smallest absolute Gasteiger partial charge is 0.377 e. The summed E-state index contributed by atoms with van der Waals surface area (Å²) in [6, 6.07) is 4.28. The van der Waals surface area contributed by atoms with Crippen molar-refractivity contribution in [3.05, 3.63) is 30.1 Å². The van der Waals surface area contributed by atoms with Crippen LogP contribution in [0.15, 0.2) is 24.5 Å². The molecule has 182 valence electrons. The maximum atomic E-state index is 13.9. The Morgan fingerprint density at radius 3 is 2.76 bits per heavy atom. The molecule has 2 aliphatic heterocycles. The number of anilines is 2. The summed E-state index contributed by atoms with van der Waals surface area (Å²) in [7, 11) is 0. The van der Waals surface area contributed by atoms with Crippen LogP contribution >= 0.6 is 0 Å². The van der Waals surface area contributed by atoms with Crippen molar-refractivity contribution < 1.29 is 17.9 Å². The topological polar surface area (TPSA) is 91.0 Å². The third kappa shape index (κ3) is 4.54. The van der Waals surface area contributed by atoms with Gasteiger partial charge in [0.1, 0.15) is 17.0 Å². The molecule has 3 atom stereocenters. The zero-order valence-corrected chi connectivity index (χ0v) is 19.1. The van der Waals surface area contributed by atoms with Gasteiger partial charge in [-0.3, -0.25) is 0 Å². The monoisotopic (exact) mass is 475 g/mol. The third-order valence-corrected chi connectivity index (χ3v) is 6.53. The van der Waals surface area contributed by atoms with E-state index in [1.807, 2.05) is 6.07 Å². The van der Waals surface area contributed by atoms with E-state index in [-0.39, 0.29) is 23.7 Å². The second-order valence-corrected chi connectivity index (χ2v) is 9.07. The largest absolute Gasteiger partial charge is 0.419 e. The molecule has 3 aromatic rings. The van der Waals surface area contributed by atoms with E-state index in [2.05, 4.69) is 49.3 Å². The molecule has 0 aromatic carbocycles. The minimum absolute atomic E-state index is 0.0588. The van der Waals surface area contributed by atoms with Gasteiger partial charge in [-0.1, -0.05) is 0 Å². The van der Waals surface area contributed by atoms with Crippen LogP contribution in [0, 0.1) is 0 Å². The SMILES string of the molecule is C[C@H]1CCC(Nc2ncc(C(F)(F)F)c(-c3c[nH]c4nc(N5CCOC[C@@H]5C)ccc34)n2)CN1. The third-order valence-electron chi connectivity index (χ3n) is 6.53. The highest BCUT2D eigenvalue weighted by Crippen LogP contribution is 2.39. The van der Waals surface area contributed by atoms with Gasteiger partial charge in [0.05, 0.1) is 24.9 Å². The molecule has 5 heterocycles. The maximum absolute atomic E-state index is 13.9. The fourth-order valence-electron chi connectivity index (χ4n) is 4.59. The van der Waals surface area contributed by atoms with Crippen molar-refractivity contribution in [3.8, 4) is 11.3 Å². The Kier molecular flexibility index (Phi) is 6.07. The van der Waals surface area contributed by atoms with Gasteiger partial charge in [0.25, 0.3) is 0 Å². The summed E-state index contributed by atoms with van der Waals surface area (Å²) in [4.78, 5) is 18.2. The van der Waals surface area contributed by atoms with Crippen molar-refractivity contribution in [1.29, 1.82) is 0 Å². The van der Waals surface area contributed by atoms with Gasteiger partial charge < -0.3 is 25.3 Å². The minimum Gasteiger partial charge on any atom is -0.377 e. The van der Waals surface area contributed by atoms with Crippen LogP contribution in [0.2, 0.25) is 0 Å². The Balaban J connectivity index is 1.50. The second kappa shape index (κ2) is 9.03. The summed E-state index contributed by atoms with van der Waals surface area (Å²) >= 11 is 0. The van der Waals surface area contributed by atoms with Crippen LogP contribution in [0.1, 0.15) is 32.3 Å². The number of piperidine rings is 1. The van der Waals surface area contributed by atoms with Gasteiger partial charge in [0.2, 0.25) is 5.95 Å². The van der Waals surface area contributed by atoms with Gasteiger partial charge in [0, 0.05) is 48.5 Å². The number of halogens is 3. The number of fused-ring (bicyclic) bond motifs is 1.